The molecule has 0 saturated carbocycles. The number of carbonyl (C=O) groups excluding carboxylic acids is 3. The van der Waals surface area contributed by atoms with Crippen LogP contribution in [0.5, 0.6) is 0 Å². The molecule has 0 heterocycles. The Morgan fingerprint density at radius 3 is 1.78 bits per heavy atom. The van der Waals surface area contributed by atoms with Crippen molar-refractivity contribution in [2.75, 3.05) is 14.2 Å². The topological polar surface area (TPSA) is 69.7 Å². The smallest absolute Gasteiger partial charge is 0.317 e. The summed E-state index contributed by atoms with van der Waals surface area (Å²) >= 11 is 0. The first kappa shape index (κ1) is 19.1. The number of ether oxygens (including phenoxy) is 2. The zero-order chi connectivity index (χ0) is 17.8. The minimum Gasteiger partial charge on any atom is -0.469 e. The molecule has 23 heavy (non-hydrogen) atoms. The third-order valence-electron chi connectivity index (χ3n) is 3.80. The molecule has 0 N–H and O–H groups in total. The van der Waals surface area contributed by atoms with Crippen LogP contribution in [0, 0.1) is 12.8 Å². The van der Waals surface area contributed by atoms with E-state index in [0.717, 1.165) is 5.56 Å². The lowest BCUT2D eigenvalue weighted by Crippen LogP contribution is -2.45. The Bertz CT molecular complexity index is 586. The van der Waals surface area contributed by atoms with Gasteiger partial charge in [-0.05, 0) is 6.92 Å². The summed E-state index contributed by atoms with van der Waals surface area (Å²) in [5.74, 6) is -2.83. The first-order valence-electron chi connectivity index (χ1n) is 7.40. The van der Waals surface area contributed by atoms with Crippen molar-refractivity contribution < 1.29 is 23.9 Å². The zero-order valence-electron chi connectivity index (χ0n) is 14.5. The van der Waals surface area contributed by atoms with Crippen LogP contribution in [0.3, 0.4) is 0 Å². The Balaban J connectivity index is 3.37. The molecule has 0 aliphatic rings. The molecule has 0 saturated heterocycles. The Kier molecular flexibility index (Phi) is 6.26. The lowest BCUT2D eigenvalue weighted by atomic mass is 9.93. The highest BCUT2D eigenvalue weighted by molar-refractivity contribution is 6.81. The summed E-state index contributed by atoms with van der Waals surface area (Å²) in [7, 11) is 0.267. The normalized spacial score (nSPS) is 13.8. The molecular formula is C17H24O5Si. The second-order valence-electron chi connectivity index (χ2n) is 6.60. The molecule has 1 aromatic rings. The predicted octanol–water partition coefficient (Wildman–Crippen LogP) is 2.85. The Labute approximate surface area is 138 Å². The van der Waals surface area contributed by atoms with E-state index in [1.165, 1.54) is 14.2 Å². The Morgan fingerprint density at radius 2 is 1.39 bits per heavy atom. The van der Waals surface area contributed by atoms with Gasteiger partial charge < -0.3 is 9.47 Å². The van der Waals surface area contributed by atoms with Crippen LogP contribution in [0.1, 0.15) is 15.9 Å². The third kappa shape index (κ3) is 4.51. The lowest BCUT2D eigenvalue weighted by Gasteiger charge is -2.31. The first-order valence-corrected chi connectivity index (χ1v) is 11.0. The van der Waals surface area contributed by atoms with Gasteiger partial charge in [0.2, 0.25) is 0 Å². The van der Waals surface area contributed by atoms with Crippen LogP contribution in [0.15, 0.2) is 24.3 Å². The number of esters is 2. The molecule has 0 amide bonds. The van der Waals surface area contributed by atoms with Crippen LogP contribution in [-0.4, -0.2) is 40.0 Å². The predicted molar refractivity (Wildman–Crippen MR) is 90.1 cm³/mol. The van der Waals surface area contributed by atoms with Gasteiger partial charge in [-0.2, -0.15) is 0 Å². The van der Waals surface area contributed by atoms with Crippen molar-refractivity contribution in [3.63, 3.8) is 0 Å². The third-order valence-corrected chi connectivity index (χ3v) is 6.23. The first-order chi connectivity index (χ1) is 10.6. The maximum absolute atomic E-state index is 12.9. The van der Waals surface area contributed by atoms with Crippen molar-refractivity contribution in [3.8, 4) is 0 Å². The lowest BCUT2D eigenvalue weighted by molar-refractivity contribution is -0.150. The molecule has 0 aliphatic carbocycles. The summed E-state index contributed by atoms with van der Waals surface area (Å²) in [4.78, 5) is 37.4. The molecule has 1 rings (SSSR count). The van der Waals surface area contributed by atoms with Crippen LogP contribution in [-0.2, 0) is 19.1 Å². The van der Waals surface area contributed by atoms with Gasteiger partial charge >= 0.3 is 11.9 Å². The number of methoxy groups -OCH3 is 2. The van der Waals surface area contributed by atoms with Gasteiger partial charge in [0.1, 0.15) is 5.92 Å². The van der Waals surface area contributed by atoms with E-state index in [4.69, 9.17) is 9.47 Å². The molecule has 0 bridgehead atoms. The standard InChI is InChI=1S/C17H24O5Si/c1-11-7-9-12(10-8-11)14(18)13(16(19)21-2)15(17(20)22-3)23(4,5)6/h7-10,13,15H,1-6H3. The van der Waals surface area contributed by atoms with Crippen LogP contribution < -0.4 is 0 Å². The van der Waals surface area contributed by atoms with Crippen LogP contribution in [0.4, 0.5) is 0 Å². The van der Waals surface area contributed by atoms with Crippen LogP contribution in [0.2, 0.25) is 25.2 Å². The maximum atomic E-state index is 12.9. The molecule has 6 heteroatoms. The van der Waals surface area contributed by atoms with E-state index in [-0.39, 0.29) is 0 Å². The van der Waals surface area contributed by atoms with E-state index >= 15 is 0 Å². The van der Waals surface area contributed by atoms with Crippen molar-refractivity contribution in [1.82, 2.24) is 0 Å². The van der Waals surface area contributed by atoms with E-state index in [9.17, 15) is 14.4 Å². The summed E-state index contributed by atoms with van der Waals surface area (Å²) < 4.78 is 9.66. The van der Waals surface area contributed by atoms with Crippen molar-refractivity contribution in [1.29, 1.82) is 0 Å². The number of ketones is 1. The second kappa shape index (κ2) is 7.54. The fourth-order valence-corrected chi connectivity index (χ4v) is 4.65. The Morgan fingerprint density at radius 1 is 0.913 bits per heavy atom. The zero-order valence-corrected chi connectivity index (χ0v) is 15.5. The van der Waals surface area contributed by atoms with Crippen molar-refractivity contribution in [2.24, 2.45) is 5.92 Å². The van der Waals surface area contributed by atoms with Gasteiger partial charge in [0.05, 0.1) is 27.8 Å². The summed E-state index contributed by atoms with van der Waals surface area (Å²) in [6.45, 7) is 7.68. The van der Waals surface area contributed by atoms with Gasteiger partial charge in [-0.25, -0.2) is 0 Å². The molecule has 2 unspecified atom stereocenters. The number of benzene rings is 1. The molecule has 1 aromatic carbocycles. The van der Waals surface area contributed by atoms with Gasteiger partial charge in [-0.15, -0.1) is 0 Å². The number of aryl methyl sites for hydroxylation is 1. The maximum Gasteiger partial charge on any atom is 0.317 e. The number of carbonyl (C=O) groups is 3. The molecule has 0 fully saturated rings. The molecule has 0 aromatic heterocycles. The molecule has 0 aliphatic heterocycles. The molecule has 126 valence electrons. The highest BCUT2D eigenvalue weighted by atomic mass is 28.3. The van der Waals surface area contributed by atoms with Gasteiger partial charge in [0.25, 0.3) is 0 Å². The highest BCUT2D eigenvalue weighted by Crippen LogP contribution is 2.34. The van der Waals surface area contributed by atoms with Crippen molar-refractivity contribution >= 4 is 25.8 Å². The number of hydrogen-bond donors (Lipinski definition) is 0. The van der Waals surface area contributed by atoms with Crippen molar-refractivity contribution in [3.05, 3.63) is 35.4 Å². The van der Waals surface area contributed by atoms with Gasteiger partial charge in [-0.1, -0.05) is 49.5 Å². The number of hydrogen-bond acceptors (Lipinski definition) is 5. The molecular weight excluding hydrogens is 312 g/mol. The summed E-state index contributed by atoms with van der Waals surface area (Å²) in [5, 5.41) is 0. The second-order valence-corrected chi connectivity index (χ2v) is 12.0. The molecule has 2 atom stereocenters. The molecule has 0 spiro atoms. The quantitative estimate of drug-likeness (QED) is 0.346. The SMILES string of the molecule is COC(=O)C(C(=O)c1ccc(C)cc1)C(C(=O)OC)[Si](C)(C)C. The monoisotopic (exact) mass is 336 g/mol. The fourth-order valence-electron chi connectivity index (χ4n) is 2.54. The van der Waals surface area contributed by atoms with E-state index < -0.39 is 37.3 Å². The van der Waals surface area contributed by atoms with Gasteiger partial charge in [0, 0.05) is 5.56 Å². The van der Waals surface area contributed by atoms with Crippen molar-refractivity contribution in [2.45, 2.75) is 32.1 Å². The number of rotatable bonds is 6. The van der Waals surface area contributed by atoms with Gasteiger partial charge in [-0.3, -0.25) is 14.4 Å². The summed E-state index contributed by atoms with van der Waals surface area (Å²) in [6.07, 6.45) is 0. The van der Waals surface area contributed by atoms with E-state index in [0.29, 0.717) is 5.56 Å². The van der Waals surface area contributed by atoms with Gasteiger partial charge in [0.15, 0.2) is 5.78 Å². The summed E-state index contributed by atoms with van der Waals surface area (Å²) in [6, 6.07) is 6.91. The van der Waals surface area contributed by atoms with E-state index in [2.05, 4.69) is 0 Å². The van der Waals surface area contributed by atoms with Crippen LogP contribution >= 0.6 is 0 Å². The van der Waals surface area contributed by atoms with E-state index in [1.54, 1.807) is 24.3 Å². The fraction of sp³-hybridized carbons (Fsp3) is 0.471. The average Bonchev–Trinajstić information content (AvgIpc) is 2.50. The summed E-state index contributed by atoms with van der Waals surface area (Å²) in [5.41, 5.74) is 0.595. The average molecular weight is 336 g/mol. The highest BCUT2D eigenvalue weighted by Gasteiger charge is 2.48. The number of Topliss-reactive ketones (excluding diaryl/α,β-unsaturated/α-hetero) is 1. The van der Waals surface area contributed by atoms with E-state index in [1.807, 2.05) is 26.6 Å². The largest absolute Gasteiger partial charge is 0.469 e. The van der Waals surface area contributed by atoms with Crippen LogP contribution in [0.25, 0.3) is 0 Å². The molecule has 0 radical (unpaired) electrons. The minimum absolute atomic E-state index is 0.387. The minimum atomic E-state index is -2.22. The molecule has 5 nitrogen and oxygen atoms in total. The Hall–Kier alpha value is -1.95.